The van der Waals surface area contributed by atoms with Crippen LogP contribution in [0.3, 0.4) is 0 Å². The van der Waals surface area contributed by atoms with Gasteiger partial charge in [0.15, 0.2) is 0 Å². The summed E-state index contributed by atoms with van der Waals surface area (Å²) in [6.45, 7) is 3.22. The molecule has 19 heavy (non-hydrogen) atoms. The van der Waals surface area contributed by atoms with Crippen LogP contribution in [0.15, 0.2) is 12.2 Å². The molecular weight excluding hydrogens is 232 g/mol. The Kier molecular flexibility index (Phi) is 6.43. The molecule has 0 amide bonds. The van der Waals surface area contributed by atoms with E-state index in [1.807, 2.05) is 7.11 Å². The van der Waals surface area contributed by atoms with Crippen molar-refractivity contribution in [3.05, 3.63) is 12.2 Å². The van der Waals surface area contributed by atoms with Gasteiger partial charge in [-0.3, -0.25) is 0 Å². The molecule has 2 rings (SSSR count). The first-order valence-electron chi connectivity index (χ1n) is 8.49. The standard InChI is InChI=1S/C18H32O/c1-3-4-5-15-6-10-17(11-7-15)18-12-8-16(9-13-18)14-19-2/h4-5,15-18H,3,6-14H2,1-2H3/t15-,16-,17-,18-. The van der Waals surface area contributed by atoms with Crippen molar-refractivity contribution in [1.82, 2.24) is 0 Å². The first-order chi connectivity index (χ1) is 9.33. The molecule has 110 valence electrons. The molecule has 1 heteroatoms. The maximum atomic E-state index is 5.31. The highest BCUT2D eigenvalue weighted by atomic mass is 16.5. The minimum Gasteiger partial charge on any atom is -0.384 e. The van der Waals surface area contributed by atoms with Crippen molar-refractivity contribution in [3.8, 4) is 0 Å². The van der Waals surface area contributed by atoms with Gasteiger partial charge in [0.1, 0.15) is 0 Å². The van der Waals surface area contributed by atoms with Crippen molar-refractivity contribution in [2.24, 2.45) is 23.7 Å². The van der Waals surface area contributed by atoms with Crippen molar-refractivity contribution in [3.63, 3.8) is 0 Å². The summed E-state index contributed by atoms with van der Waals surface area (Å²) in [6, 6.07) is 0. The van der Waals surface area contributed by atoms with Crippen molar-refractivity contribution >= 4 is 0 Å². The van der Waals surface area contributed by atoms with E-state index in [9.17, 15) is 0 Å². The Hall–Kier alpha value is -0.300. The molecule has 0 atom stereocenters. The second-order valence-corrected chi connectivity index (χ2v) is 6.75. The van der Waals surface area contributed by atoms with Gasteiger partial charge in [-0.05, 0) is 81.5 Å². The molecule has 0 N–H and O–H groups in total. The molecule has 0 bridgehead atoms. The fourth-order valence-corrected chi connectivity index (χ4v) is 4.20. The van der Waals surface area contributed by atoms with E-state index in [0.717, 1.165) is 30.3 Å². The fourth-order valence-electron chi connectivity index (χ4n) is 4.20. The summed E-state index contributed by atoms with van der Waals surface area (Å²) in [7, 11) is 1.84. The molecule has 0 aromatic rings. The van der Waals surface area contributed by atoms with E-state index in [1.165, 1.54) is 57.8 Å². The number of ether oxygens (including phenoxy) is 1. The molecule has 0 aromatic carbocycles. The number of hydrogen-bond acceptors (Lipinski definition) is 1. The third-order valence-electron chi connectivity index (χ3n) is 5.42. The SMILES string of the molecule is CCC=C[C@H]1CC[C@H]([C@H]2CC[C@H](COC)CC2)CC1. The highest BCUT2D eigenvalue weighted by molar-refractivity contribution is 4.91. The lowest BCUT2D eigenvalue weighted by atomic mass is 9.69. The zero-order valence-corrected chi connectivity index (χ0v) is 12.9. The Bertz CT molecular complexity index is 255. The van der Waals surface area contributed by atoms with Crippen molar-refractivity contribution in [2.75, 3.05) is 13.7 Å². The molecule has 0 unspecified atom stereocenters. The van der Waals surface area contributed by atoms with Crippen LogP contribution in [-0.2, 0) is 4.74 Å². The number of methoxy groups -OCH3 is 1. The average molecular weight is 264 g/mol. The number of allylic oxidation sites excluding steroid dienone is 2. The maximum Gasteiger partial charge on any atom is 0.0490 e. The van der Waals surface area contributed by atoms with Crippen LogP contribution in [0, 0.1) is 23.7 Å². The van der Waals surface area contributed by atoms with Crippen LogP contribution in [0.2, 0.25) is 0 Å². The van der Waals surface area contributed by atoms with E-state index in [1.54, 1.807) is 0 Å². The molecule has 0 saturated heterocycles. The third-order valence-corrected chi connectivity index (χ3v) is 5.42. The van der Waals surface area contributed by atoms with E-state index in [2.05, 4.69) is 19.1 Å². The largest absolute Gasteiger partial charge is 0.384 e. The van der Waals surface area contributed by atoms with Crippen molar-refractivity contribution < 1.29 is 4.74 Å². The smallest absolute Gasteiger partial charge is 0.0490 e. The van der Waals surface area contributed by atoms with E-state index < -0.39 is 0 Å². The Labute approximate surface area is 119 Å². The van der Waals surface area contributed by atoms with Gasteiger partial charge in [-0.1, -0.05) is 19.1 Å². The van der Waals surface area contributed by atoms with Gasteiger partial charge in [-0.15, -0.1) is 0 Å². The Morgan fingerprint density at radius 3 is 2.00 bits per heavy atom. The predicted molar refractivity (Wildman–Crippen MR) is 82.2 cm³/mol. The average Bonchev–Trinajstić information content (AvgIpc) is 2.47. The molecule has 0 radical (unpaired) electrons. The second-order valence-electron chi connectivity index (χ2n) is 6.75. The summed E-state index contributed by atoms with van der Waals surface area (Å²) >= 11 is 0. The normalized spacial score (nSPS) is 36.7. The quantitative estimate of drug-likeness (QED) is 0.619. The van der Waals surface area contributed by atoms with Gasteiger partial charge in [0.2, 0.25) is 0 Å². The van der Waals surface area contributed by atoms with Gasteiger partial charge in [-0.2, -0.15) is 0 Å². The van der Waals surface area contributed by atoms with Gasteiger partial charge < -0.3 is 4.74 Å². The Morgan fingerprint density at radius 2 is 1.47 bits per heavy atom. The van der Waals surface area contributed by atoms with Crippen LogP contribution < -0.4 is 0 Å². The summed E-state index contributed by atoms with van der Waals surface area (Å²) < 4.78 is 5.31. The lowest BCUT2D eigenvalue weighted by molar-refractivity contribution is 0.0957. The van der Waals surface area contributed by atoms with Gasteiger partial charge in [-0.25, -0.2) is 0 Å². The lowest BCUT2D eigenvalue weighted by Crippen LogP contribution is -2.26. The molecule has 0 aliphatic heterocycles. The van der Waals surface area contributed by atoms with Gasteiger partial charge in [0, 0.05) is 13.7 Å². The molecule has 2 saturated carbocycles. The van der Waals surface area contributed by atoms with Crippen LogP contribution in [0.1, 0.15) is 64.7 Å². The summed E-state index contributed by atoms with van der Waals surface area (Å²) in [5.74, 6) is 3.81. The fraction of sp³-hybridized carbons (Fsp3) is 0.889. The number of hydrogen-bond donors (Lipinski definition) is 0. The van der Waals surface area contributed by atoms with Crippen molar-refractivity contribution in [2.45, 2.75) is 64.7 Å². The predicted octanol–water partition coefficient (Wildman–Crippen LogP) is 5.21. The van der Waals surface area contributed by atoms with E-state index >= 15 is 0 Å². The zero-order chi connectivity index (χ0) is 13.5. The minimum absolute atomic E-state index is 0.852. The van der Waals surface area contributed by atoms with E-state index in [-0.39, 0.29) is 0 Å². The highest BCUT2D eigenvalue weighted by Crippen LogP contribution is 2.41. The van der Waals surface area contributed by atoms with Crippen LogP contribution in [0.5, 0.6) is 0 Å². The van der Waals surface area contributed by atoms with Crippen LogP contribution in [-0.4, -0.2) is 13.7 Å². The van der Waals surface area contributed by atoms with E-state index in [0.29, 0.717) is 0 Å². The molecule has 2 aliphatic rings. The Balaban J connectivity index is 1.69. The summed E-state index contributed by atoms with van der Waals surface area (Å²) in [6.07, 6.45) is 17.6. The molecule has 0 aromatic heterocycles. The Morgan fingerprint density at radius 1 is 0.895 bits per heavy atom. The topological polar surface area (TPSA) is 9.23 Å². The molecule has 0 heterocycles. The molecule has 0 spiro atoms. The van der Waals surface area contributed by atoms with E-state index in [4.69, 9.17) is 4.74 Å². The minimum atomic E-state index is 0.852. The zero-order valence-electron chi connectivity index (χ0n) is 12.9. The van der Waals surface area contributed by atoms with Gasteiger partial charge in [0.05, 0.1) is 0 Å². The van der Waals surface area contributed by atoms with Crippen LogP contribution in [0.4, 0.5) is 0 Å². The molecule has 2 aliphatic carbocycles. The summed E-state index contributed by atoms with van der Waals surface area (Å²) in [4.78, 5) is 0. The number of rotatable bonds is 5. The van der Waals surface area contributed by atoms with Crippen LogP contribution >= 0.6 is 0 Å². The summed E-state index contributed by atoms with van der Waals surface area (Å²) in [5.41, 5.74) is 0. The second kappa shape index (κ2) is 8.09. The molecular formula is C18H32O. The van der Waals surface area contributed by atoms with Gasteiger partial charge >= 0.3 is 0 Å². The highest BCUT2D eigenvalue weighted by Gasteiger charge is 2.30. The monoisotopic (exact) mass is 264 g/mol. The van der Waals surface area contributed by atoms with Crippen molar-refractivity contribution in [1.29, 1.82) is 0 Å². The van der Waals surface area contributed by atoms with Gasteiger partial charge in [0.25, 0.3) is 0 Å². The first kappa shape index (κ1) is 15.1. The maximum absolute atomic E-state index is 5.31. The molecule has 2 fully saturated rings. The van der Waals surface area contributed by atoms with Crippen LogP contribution in [0.25, 0.3) is 0 Å². The lowest BCUT2D eigenvalue weighted by Gasteiger charge is -2.37. The molecule has 1 nitrogen and oxygen atoms in total. The first-order valence-corrected chi connectivity index (χ1v) is 8.49. The summed E-state index contributed by atoms with van der Waals surface area (Å²) in [5, 5.41) is 0. The third kappa shape index (κ3) is 4.63.